The molecule has 0 unspecified atom stereocenters. The largest absolute Gasteiger partial charge is 0.459 e. The number of nitrogens with one attached hydrogen (secondary N) is 1. The summed E-state index contributed by atoms with van der Waals surface area (Å²) in [6, 6.07) is 9.53. The third-order valence-electron chi connectivity index (χ3n) is 5.62. The molecule has 0 aromatic heterocycles. The van der Waals surface area contributed by atoms with Crippen LogP contribution >= 0.6 is 11.8 Å². The van der Waals surface area contributed by atoms with E-state index >= 15 is 0 Å². The molecule has 0 aliphatic carbocycles. The Labute approximate surface area is 188 Å². The van der Waals surface area contributed by atoms with Crippen molar-refractivity contribution in [2.24, 2.45) is 0 Å². The number of esters is 1. The average Bonchev–Trinajstić information content (AvgIpc) is 3.18. The van der Waals surface area contributed by atoms with Gasteiger partial charge in [-0.1, -0.05) is 53.7 Å². The molecular weight excluding hydrogens is 414 g/mol. The van der Waals surface area contributed by atoms with Crippen LogP contribution in [-0.2, 0) is 20.7 Å². The van der Waals surface area contributed by atoms with Gasteiger partial charge in [-0.05, 0) is 38.2 Å². The van der Waals surface area contributed by atoms with Gasteiger partial charge in [0.2, 0.25) is 0 Å². The molecule has 2 aliphatic heterocycles. The Bertz CT molecular complexity index is 811. The molecular formula is C24H31NO5S. The predicted molar refractivity (Wildman–Crippen MR) is 122 cm³/mol. The van der Waals surface area contributed by atoms with E-state index in [-0.39, 0.29) is 17.8 Å². The number of carbonyl (C=O) groups excluding carboxylic acids is 2. The molecule has 6 nitrogen and oxygen atoms in total. The van der Waals surface area contributed by atoms with E-state index in [1.807, 2.05) is 31.2 Å². The van der Waals surface area contributed by atoms with Gasteiger partial charge in [-0.25, -0.2) is 4.79 Å². The highest BCUT2D eigenvalue weighted by Crippen LogP contribution is 2.36. The topological polar surface area (TPSA) is 84.9 Å². The number of hydrogen-bond acceptors (Lipinski definition) is 6. The summed E-state index contributed by atoms with van der Waals surface area (Å²) in [6.07, 6.45) is 6.20. The Morgan fingerprint density at radius 2 is 2.19 bits per heavy atom. The van der Waals surface area contributed by atoms with Crippen LogP contribution in [0.4, 0.5) is 4.79 Å². The lowest BCUT2D eigenvalue weighted by Gasteiger charge is -2.43. The molecule has 2 saturated heterocycles. The van der Waals surface area contributed by atoms with E-state index in [0.717, 1.165) is 36.6 Å². The van der Waals surface area contributed by atoms with Crippen molar-refractivity contribution >= 4 is 23.0 Å². The van der Waals surface area contributed by atoms with Gasteiger partial charge in [0.1, 0.15) is 6.10 Å². The van der Waals surface area contributed by atoms with Gasteiger partial charge in [-0.15, -0.1) is 6.58 Å². The van der Waals surface area contributed by atoms with Gasteiger partial charge in [-0.3, -0.25) is 4.79 Å². The molecule has 0 radical (unpaired) electrons. The van der Waals surface area contributed by atoms with Crippen molar-refractivity contribution in [3.8, 4) is 0 Å². The molecule has 3 rings (SSSR count). The molecule has 168 valence electrons. The van der Waals surface area contributed by atoms with E-state index in [2.05, 4.69) is 24.0 Å². The summed E-state index contributed by atoms with van der Waals surface area (Å²) in [5, 5.41) is 13.9. The molecule has 0 spiro atoms. The number of aliphatic hydroxyl groups is 1. The highest BCUT2D eigenvalue weighted by atomic mass is 32.2. The summed E-state index contributed by atoms with van der Waals surface area (Å²) < 4.78 is 11.8. The lowest BCUT2D eigenvalue weighted by Crippen LogP contribution is -2.58. The minimum absolute atomic E-state index is 0.131. The SMILES string of the molecule is C=CCC/C(C)=C/C(=O)O[C@@H]1C[C@@H](CCc2ccccc2)O[C@@](O)([C@@H]2CSC(=O)N2)C1. The van der Waals surface area contributed by atoms with Crippen molar-refractivity contribution in [2.75, 3.05) is 5.75 Å². The Morgan fingerprint density at radius 3 is 2.87 bits per heavy atom. The first-order valence-electron chi connectivity index (χ1n) is 10.7. The number of ether oxygens (including phenoxy) is 2. The first kappa shape index (κ1) is 23.6. The monoisotopic (exact) mass is 445 g/mol. The van der Waals surface area contributed by atoms with Crippen molar-refractivity contribution in [1.29, 1.82) is 0 Å². The Kier molecular flexibility index (Phi) is 8.35. The molecule has 2 heterocycles. The number of allylic oxidation sites excluding steroid dienone is 2. The van der Waals surface area contributed by atoms with Crippen molar-refractivity contribution in [1.82, 2.24) is 5.32 Å². The number of carbonyl (C=O) groups is 2. The molecule has 0 saturated carbocycles. The van der Waals surface area contributed by atoms with E-state index in [0.29, 0.717) is 18.6 Å². The lowest BCUT2D eigenvalue weighted by atomic mass is 9.91. The van der Waals surface area contributed by atoms with E-state index < -0.39 is 23.9 Å². The second kappa shape index (κ2) is 11.0. The third-order valence-corrected chi connectivity index (χ3v) is 6.50. The van der Waals surface area contributed by atoms with Gasteiger partial charge >= 0.3 is 5.97 Å². The van der Waals surface area contributed by atoms with E-state index in [9.17, 15) is 14.7 Å². The summed E-state index contributed by atoms with van der Waals surface area (Å²) in [5.74, 6) is -1.56. The van der Waals surface area contributed by atoms with Crippen LogP contribution in [0.1, 0.15) is 44.6 Å². The fourth-order valence-electron chi connectivity index (χ4n) is 3.98. The standard InChI is InChI=1S/C24H31NO5S/c1-3-4-8-17(2)13-22(26)29-20-14-19(12-11-18-9-6-5-7-10-18)30-24(28,15-20)21-16-31-23(27)25-21/h3,5-7,9-10,13,19-21,28H,1,4,8,11-12,14-16H2,2H3,(H,25,27)/b17-13+/t19-,20-,21+,24-/m1/s1. The van der Waals surface area contributed by atoms with Crippen molar-refractivity contribution in [2.45, 2.75) is 69.5 Å². The fourth-order valence-corrected chi connectivity index (χ4v) is 4.87. The lowest BCUT2D eigenvalue weighted by molar-refractivity contribution is -0.283. The number of amides is 1. The number of thioether (sulfide) groups is 1. The molecule has 7 heteroatoms. The Morgan fingerprint density at radius 1 is 1.42 bits per heavy atom. The maximum atomic E-state index is 12.4. The van der Waals surface area contributed by atoms with Crippen LogP contribution in [0.3, 0.4) is 0 Å². The first-order valence-corrected chi connectivity index (χ1v) is 11.7. The second-order valence-corrected chi connectivity index (χ2v) is 9.21. The highest BCUT2D eigenvalue weighted by Gasteiger charge is 2.49. The summed E-state index contributed by atoms with van der Waals surface area (Å²) in [5.41, 5.74) is 2.10. The van der Waals surface area contributed by atoms with Crippen LogP contribution in [0, 0.1) is 0 Å². The Hall–Kier alpha value is -2.09. The first-order chi connectivity index (χ1) is 14.9. The van der Waals surface area contributed by atoms with Gasteiger partial charge < -0.3 is 19.9 Å². The zero-order chi connectivity index (χ0) is 22.3. The van der Waals surface area contributed by atoms with Crippen LogP contribution in [0.15, 0.2) is 54.6 Å². The van der Waals surface area contributed by atoms with Crippen LogP contribution in [0.25, 0.3) is 0 Å². The molecule has 2 aliphatic rings. The predicted octanol–water partition coefficient (Wildman–Crippen LogP) is 4.14. The average molecular weight is 446 g/mol. The number of benzene rings is 1. The van der Waals surface area contributed by atoms with Crippen LogP contribution < -0.4 is 5.32 Å². The van der Waals surface area contributed by atoms with Crippen molar-refractivity contribution in [3.63, 3.8) is 0 Å². The van der Waals surface area contributed by atoms with Crippen molar-refractivity contribution in [3.05, 3.63) is 60.2 Å². The zero-order valence-corrected chi connectivity index (χ0v) is 18.7. The normalized spacial score (nSPS) is 28.8. The van der Waals surface area contributed by atoms with Crippen LogP contribution in [0.5, 0.6) is 0 Å². The summed E-state index contributed by atoms with van der Waals surface area (Å²) in [6.45, 7) is 5.58. The maximum Gasteiger partial charge on any atom is 0.330 e. The summed E-state index contributed by atoms with van der Waals surface area (Å²) >= 11 is 1.12. The van der Waals surface area contributed by atoms with Gasteiger partial charge in [0.05, 0.1) is 12.1 Å². The van der Waals surface area contributed by atoms with Crippen LogP contribution in [0.2, 0.25) is 0 Å². The van der Waals surface area contributed by atoms with Gasteiger partial charge in [0.15, 0.2) is 5.79 Å². The van der Waals surface area contributed by atoms with E-state index in [1.165, 1.54) is 11.6 Å². The molecule has 2 fully saturated rings. The molecule has 2 N–H and O–H groups in total. The Balaban J connectivity index is 1.67. The van der Waals surface area contributed by atoms with Gasteiger partial charge in [-0.2, -0.15) is 0 Å². The van der Waals surface area contributed by atoms with Gasteiger partial charge in [0, 0.05) is 24.7 Å². The minimum Gasteiger partial charge on any atom is -0.459 e. The molecule has 0 bridgehead atoms. The quantitative estimate of drug-likeness (QED) is 0.338. The van der Waals surface area contributed by atoms with Crippen molar-refractivity contribution < 1.29 is 24.2 Å². The maximum absolute atomic E-state index is 12.4. The van der Waals surface area contributed by atoms with E-state index in [4.69, 9.17) is 9.47 Å². The molecule has 1 aromatic carbocycles. The van der Waals surface area contributed by atoms with E-state index in [1.54, 1.807) is 0 Å². The summed E-state index contributed by atoms with van der Waals surface area (Å²) in [7, 11) is 0. The molecule has 4 atom stereocenters. The molecule has 31 heavy (non-hydrogen) atoms. The van der Waals surface area contributed by atoms with Crippen LogP contribution in [-0.4, -0.2) is 46.1 Å². The summed E-state index contributed by atoms with van der Waals surface area (Å²) in [4.78, 5) is 24.1. The molecule has 1 amide bonds. The van der Waals surface area contributed by atoms with Gasteiger partial charge in [0.25, 0.3) is 5.24 Å². The molecule has 1 aromatic rings. The second-order valence-electron chi connectivity index (χ2n) is 8.22. The third kappa shape index (κ3) is 6.95. The highest BCUT2D eigenvalue weighted by molar-refractivity contribution is 8.14. The number of rotatable bonds is 9. The fraction of sp³-hybridized carbons (Fsp3) is 0.500. The zero-order valence-electron chi connectivity index (χ0n) is 17.9. The minimum atomic E-state index is -1.56. The number of hydrogen-bond donors (Lipinski definition) is 2. The number of aryl methyl sites for hydroxylation is 1. The smallest absolute Gasteiger partial charge is 0.330 e.